The minimum Gasteiger partial charge on any atom is -0.352 e. The molecule has 1 amide bonds. The minimum atomic E-state index is 0.000132. The van der Waals surface area contributed by atoms with E-state index in [2.05, 4.69) is 37.2 Å². The molecule has 0 saturated carbocycles. The van der Waals surface area contributed by atoms with Gasteiger partial charge in [-0.05, 0) is 31.0 Å². The molecule has 16 heavy (non-hydrogen) atoms. The maximum atomic E-state index is 11.7. The molecule has 1 aromatic rings. The van der Waals surface area contributed by atoms with Crippen molar-refractivity contribution in [2.45, 2.75) is 19.3 Å². The second-order valence-electron chi connectivity index (χ2n) is 3.52. The van der Waals surface area contributed by atoms with Gasteiger partial charge in [0.15, 0.2) is 0 Å². The molecular formula is C12H15Br2NO. The van der Waals surface area contributed by atoms with E-state index >= 15 is 0 Å². The highest BCUT2D eigenvalue weighted by atomic mass is 79.9. The van der Waals surface area contributed by atoms with Crippen molar-refractivity contribution >= 4 is 37.8 Å². The third kappa shape index (κ3) is 5.12. The average Bonchev–Trinajstić information content (AvgIpc) is 2.28. The number of unbranched alkanes of at least 4 members (excludes halogenated alkanes) is 2. The third-order valence-corrected chi connectivity index (χ3v) is 3.24. The fraction of sp³-hybridized carbons (Fsp3) is 0.417. The first-order chi connectivity index (χ1) is 7.74. The van der Waals surface area contributed by atoms with Crippen LogP contribution in [0.3, 0.4) is 0 Å². The number of alkyl halides is 1. The molecule has 0 aliphatic heterocycles. The van der Waals surface area contributed by atoms with E-state index in [1.54, 1.807) is 0 Å². The number of hydrogen-bond acceptors (Lipinski definition) is 1. The summed E-state index contributed by atoms with van der Waals surface area (Å²) in [5.41, 5.74) is 0.704. The molecule has 1 N–H and O–H groups in total. The molecular weight excluding hydrogens is 334 g/mol. The molecule has 0 aromatic heterocycles. The van der Waals surface area contributed by atoms with Gasteiger partial charge in [0.05, 0.1) is 0 Å². The maximum Gasteiger partial charge on any atom is 0.251 e. The van der Waals surface area contributed by atoms with Crippen molar-refractivity contribution < 1.29 is 4.79 Å². The zero-order chi connectivity index (χ0) is 11.8. The van der Waals surface area contributed by atoms with Crippen molar-refractivity contribution in [3.8, 4) is 0 Å². The Balaban J connectivity index is 2.30. The van der Waals surface area contributed by atoms with Gasteiger partial charge < -0.3 is 5.32 Å². The number of nitrogens with one attached hydrogen (secondary N) is 1. The summed E-state index contributed by atoms with van der Waals surface area (Å²) in [6.07, 6.45) is 3.34. The summed E-state index contributed by atoms with van der Waals surface area (Å²) in [5.74, 6) is 0.000132. The Morgan fingerprint density at radius 3 is 2.75 bits per heavy atom. The molecule has 0 unspecified atom stereocenters. The highest BCUT2D eigenvalue weighted by Crippen LogP contribution is 2.11. The molecule has 1 aromatic carbocycles. The van der Waals surface area contributed by atoms with E-state index in [1.807, 2.05) is 24.3 Å². The van der Waals surface area contributed by atoms with Gasteiger partial charge in [0, 0.05) is 21.9 Å². The molecule has 1 rings (SSSR count). The Labute approximate surface area is 113 Å². The summed E-state index contributed by atoms with van der Waals surface area (Å²) in [6.45, 7) is 0.748. The minimum absolute atomic E-state index is 0.000132. The molecule has 0 heterocycles. The van der Waals surface area contributed by atoms with E-state index in [1.165, 1.54) is 0 Å². The average molecular weight is 349 g/mol. The first-order valence-corrected chi connectivity index (χ1v) is 7.25. The standard InChI is InChI=1S/C12H15Br2NO/c13-7-2-1-3-8-15-12(16)10-5-4-6-11(14)9-10/h4-6,9H,1-3,7-8H2,(H,15,16). The number of halogens is 2. The van der Waals surface area contributed by atoms with Gasteiger partial charge in [-0.1, -0.05) is 44.3 Å². The van der Waals surface area contributed by atoms with Gasteiger partial charge in [-0.2, -0.15) is 0 Å². The van der Waals surface area contributed by atoms with Crippen LogP contribution in [0.25, 0.3) is 0 Å². The lowest BCUT2D eigenvalue weighted by Gasteiger charge is -2.05. The van der Waals surface area contributed by atoms with Crippen molar-refractivity contribution in [2.75, 3.05) is 11.9 Å². The van der Waals surface area contributed by atoms with Crippen LogP contribution in [0.15, 0.2) is 28.7 Å². The fourth-order valence-electron chi connectivity index (χ4n) is 1.33. The molecule has 0 fully saturated rings. The van der Waals surface area contributed by atoms with E-state index in [4.69, 9.17) is 0 Å². The van der Waals surface area contributed by atoms with Crippen LogP contribution in [-0.2, 0) is 0 Å². The molecule has 0 atom stereocenters. The van der Waals surface area contributed by atoms with Gasteiger partial charge in [-0.25, -0.2) is 0 Å². The van der Waals surface area contributed by atoms with Crippen LogP contribution in [0.2, 0.25) is 0 Å². The van der Waals surface area contributed by atoms with Crippen molar-refractivity contribution in [2.24, 2.45) is 0 Å². The van der Waals surface area contributed by atoms with Crippen molar-refractivity contribution in [3.05, 3.63) is 34.3 Å². The van der Waals surface area contributed by atoms with Crippen molar-refractivity contribution in [1.29, 1.82) is 0 Å². The zero-order valence-electron chi connectivity index (χ0n) is 9.01. The van der Waals surface area contributed by atoms with Crippen molar-refractivity contribution in [1.82, 2.24) is 5.32 Å². The number of rotatable bonds is 6. The smallest absolute Gasteiger partial charge is 0.251 e. The third-order valence-electron chi connectivity index (χ3n) is 2.18. The number of amides is 1. The lowest BCUT2D eigenvalue weighted by Crippen LogP contribution is -2.24. The molecule has 0 bridgehead atoms. The van der Waals surface area contributed by atoms with Crippen LogP contribution >= 0.6 is 31.9 Å². The first-order valence-electron chi connectivity index (χ1n) is 5.34. The predicted octanol–water partition coefficient (Wildman–Crippen LogP) is 3.74. The predicted molar refractivity (Wildman–Crippen MR) is 74.1 cm³/mol. The van der Waals surface area contributed by atoms with Crippen LogP contribution in [0, 0.1) is 0 Å². The number of benzene rings is 1. The van der Waals surface area contributed by atoms with Gasteiger partial charge >= 0.3 is 0 Å². The molecule has 0 aliphatic carbocycles. The Bertz CT molecular complexity index is 342. The second-order valence-corrected chi connectivity index (χ2v) is 5.22. The zero-order valence-corrected chi connectivity index (χ0v) is 12.2. The topological polar surface area (TPSA) is 29.1 Å². The Morgan fingerprint density at radius 1 is 1.25 bits per heavy atom. The molecule has 88 valence electrons. The Hall–Kier alpha value is -0.350. The summed E-state index contributed by atoms with van der Waals surface area (Å²) < 4.78 is 0.930. The quantitative estimate of drug-likeness (QED) is 0.615. The first kappa shape index (κ1) is 13.7. The van der Waals surface area contributed by atoms with E-state index in [0.717, 1.165) is 35.6 Å². The number of hydrogen-bond donors (Lipinski definition) is 1. The summed E-state index contributed by atoms with van der Waals surface area (Å²) in [6, 6.07) is 7.42. The van der Waals surface area contributed by atoms with Gasteiger partial charge in [-0.15, -0.1) is 0 Å². The van der Waals surface area contributed by atoms with Crippen LogP contribution in [0.1, 0.15) is 29.6 Å². The molecule has 4 heteroatoms. The Morgan fingerprint density at radius 2 is 2.06 bits per heavy atom. The summed E-state index contributed by atoms with van der Waals surface area (Å²) in [5, 5.41) is 3.94. The SMILES string of the molecule is O=C(NCCCCCBr)c1cccc(Br)c1. The molecule has 0 radical (unpaired) electrons. The molecule has 0 saturated heterocycles. The second kappa shape index (κ2) is 7.85. The summed E-state index contributed by atoms with van der Waals surface area (Å²) in [7, 11) is 0. The van der Waals surface area contributed by atoms with Gasteiger partial charge in [0.2, 0.25) is 0 Å². The van der Waals surface area contributed by atoms with Gasteiger partial charge in [-0.3, -0.25) is 4.79 Å². The molecule has 0 spiro atoms. The fourth-order valence-corrected chi connectivity index (χ4v) is 2.13. The normalized spacial score (nSPS) is 10.1. The number of carbonyl (C=O) groups is 1. The summed E-state index contributed by atoms with van der Waals surface area (Å²) in [4.78, 5) is 11.7. The molecule has 0 aliphatic rings. The maximum absolute atomic E-state index is 11.7. The lowest BCUT2D eigenvalue weighted by molar-refractivity contribution is 0.0953. The van der Waals surface area contributed by atoms with Crippen molar-refractivity contribution in [3.63, 3.8) is 0 Å². The monoisotopic (exact) mass is 347 g/mol. The van der Waals surface area contributed by atoms with Crippen LogP contribution in [0.4, 0.5) is 0 Å². The van der Waals surface area contributed by atoms with Gasteiger partial charge in [0.1, 0.15) is 0 Å². The van der Waals surface area contributed by atoms with Crippen LogP contribution in [-0.4, -0.2) is 17.8 Å². The highest BCUT2D eigenvalue weighted by molar-refractivity contribution is 9.10. The van der Waals surface area contributed by atoms with E-state index in [9.17, 15) is 4.79 Å². The summed E-state index contributed by atoms with van der Waals surface area (Å²) >= 11 is 6.73. The Kier molecular flexibility index (Phi) is 6.73. The van der Waals surface area contributed by atoms with E-state index in [-0.39, 0.29) is 5.91 Å². The lowest BCUT2D eigenvalue weighted by atomic mass is 10.2. The van der Waals surface area contributed by atoms with Crippen LogP contribution < -0.4 is 5.32 Å². The molecule has 2 nitrogen and oxygen atoms in total. The largest absolute Gasteiger partial charge is 0.352 e. The van der Waals surface area contributed by atoms with Crippen LogP contribution in [0.5, 0.6) is 0 Å². The van der Waals surface area contributed by atoms with E-state index in [0.29, 0.717) is 5.56 Å². The number of carbonyl (C=O) groups excluding carboxylic acids is 1. The van der Waals surface area contributed by atoms with Gasteiger partial charge in [0.25, 0.3) is 5.91 Å². The highest BCUT2D eigenvalue weighted by Gasteiger charge is 2.04. The van der Waals surface area contributed by atoms with E-state index < -0.39 is 0 Å².